The van der Waals surface area contributed by atoms with E-state index in [-0.39, 0.29) is 5.79 Å². The highest BCUT2D eigenvalue weighted by atomic mass is 16.7. The maximum Gasteiger partial charge on any atom is 0.176 e. The highest BCUT2D eigenvalue weighted by Crippen LogP contribution is 2.85. The van der Waals surface area contributed by atoms with Crippen LogP contribution >= 0.6 is 0 Å². The van der Waals surface area contributed by atoms with Crippen molar-refractivity contribution in [1.29, 1.82) is 0 Å². The number of ether oxygens (including phenoxy) is 2. The molecule has 0 aromatic rings. The molecule has 5 saturated carbocycles. The average Bonchev–Trinajstić information content (AvgIpc) is 2.87. The molecule has 8 atom stereocenters. The van der Waals surface area contributed by atoms with E-state index in [1.165, 1.54) is 6.42 Å². The van der Waals surface area contributed by atoms with E-state index in [2.05, 4.69) is 0 Å². The predicted octanol–water partition coefficient (Wildman–Crippen LogP) is 0.686. The van der Waals surface area contributed by atoms with Gasteiger partial charge in [0.15, 0.2) is 5.79 Å². The first-order chi connectivity index (χ1) is 7.84. The third-order valence-electron chi connectivity index (χ3n) is 6.83. The molecule has 0 aromatic heterocycles. The summed E-state index contributed by atoms with van der Waals surface area (Å²) in [4.78, 5) is 12.3. The van der Waals surface area contributed by atoms with Crippen molar-refractivity contribution in [1.82, 2.24) is 0 Å². The third kappa shape index (κ3) is 0.458. The average molecular weight is 218 g/mol. The molecular weight excluding hydrogens is 204 g/mol. The van der Waals surface area contributed by atoms with Crippen LogP contribution in [-0.2, 0) is 14.3 Å². The Kier molecular flexibility index (Phi) is 0.933. The van der Waals surface area contributed by atoms with E-state index in [1.54, 1.807) is 0 Å². The van der Waals surface area contributed by atoms with Crippen LogP contribution in [0, 0.1) is 47.3 Å². The molecule has 1 saturated heterocycles. The Labute approximate surface area is 93.5 Å². The summed E-state index contributed by atoms with van der Waals surface area (Å²) in [6.45, 7) is 1.49. The van der Waals surface area contributed by atoms with E-state index in [0.29, 0.717) is 29.5 Å². The second-order valence-electron chi connectivity index (χ2n) is 6.64. The van der Waals surface area contributed by atoms with E-state index in [1.807, 2.05) is 0 Å². The maximum atomic E-state index is 12.3. The first kappa shape index (κ1) is 7.83. The Morgan fingerprint density at radius 1 is 1.00 bits per heavy atom. The van der Waals surface area contributed by atoms with Gasteiger partial charge in [-0.3, -0.25) is 4.79 Å². The first-order valence-electron chi connectivity index (χ1n) is 6.66. The molecule has 1 aliphatic heterocycles. The molecule has 3 heteroatoms. The minimum Gasteiger partial charge on any atom is -0.347 e. The van der Waals surface area contributed by atoms with Gasteiger partial charge in [-0.25, -0.2) is 0 Å². The number of carbonyl (C=O) groups is 1. The number of fused-ring (bicyclic) bond motifs is 4. The van der Waals surface area contributed by atoms with Gasteiger partial charge >= 0.3 is 0 Å². The molecule has 6 aliphatic rings. The van der Waals surface area contributed by atoms with Gasteiger partial charge < -0.3 is 9.47 Å². The largest absolute Gasteiger partial charge is 0.347 e. The van der Waals surface area contributed by atoms with Crippen molar-refractivity contribution in [2.75, 3.05) is 13.2 Å². The lowest BCUT2D eigenvalue weighted by Crippen LogP contribution is -2.58. The molecule has 16 heavy (non-hydrogen) atoms. The van der Waals surface area contributed by atoms with Crippen LogP contribution in [-0.4, -0.2) is 24.8 Å². The molecule has 5 aliphatic carbocycles. The molecule has 0 unspecified atom stereocenters. The monoisotopic (exact) mass is 218 g/mol. The van der Waals surface area contributed by atoms with Gasteiger partial charge in [0, 0.05) is 23.7 Å². The lowest BCUT2D eigenvalue weighted by Gasteiger charge is -2.49. The van der Waals surface area contributed by atoms with Crippen molar-refractivity contribution in [2.24, 2.45) is 47.3 Å². The zero-order valence-electron chi connectivity index (χ0n) is 8.96. The lowest BCUT2D eigenvalue weighted by atomic mass is 9.58. The van der Waals surface area contributed by atoms with Crippen LogP contribution in [0.5, 0.6) is 0 Å². The van der Waals surface area contributed by atoms with Crippen LogP contribution < -0.4 is 0 Å². The minimum absolute atomic E-state index is 0.291. The molecule has 0 amide bonds. The molecule has 3 nitrogen and oxygen atoms in total. The molecule has 6 fully saturated rings. The SMILES string of the molecule is O=C1[C@@H]2[C@H]3C[C@@H]4[C@@H]5[C@H]3[C@@H]1[C@H]5C1(OCCO1)[C@H]42. The highest BCUT2D eigenvalue weighted by molar-refractivity contribution is 5.91. The number of rotatable bonds is 0. The molecular formula is C13H14O3. The summed E-state index contributed by atoms with van der Waals surface area (Å²) in [5, 5.41) is 0. The minimum atomic E-state index is -0.291. The number of carbonyl (C=O) groups excluding carboxylic acids is 1. The quantitative estimate of drug-likeness (QED) is 0.600. The van der Waals surface area contributed by atoms with Crippen molar-refractivity contribution < 1.29 is 14.3 Å². The second-order valence-corrected chi connectivity index (χ2v) is 6.64. The maximum absolute atomic E-state index is 12.3. The van der Waals surface area contributed by atoms with Crippen molar-refractivity contribution in [3.05, 3.63) is 0 Å². The Balaban J connectivity index is 1.66. The smallest absolute Gasteiger partial charge is 0.176 e. The first-order valence-corrected chi connectivity index (χ1v) is 6.66. The summed E-state index contributed by atoms with van der Waals surface area (Å²) in [5.41, 5.74) is 0. The number of ketones is 1. The molecule has 1 heterocycles. The van der Waals surface area contributed by atoms with Crippen LogP contribution in [0.3, 0.4) is 0 Å². The van der Waals surface area contributed by atoms with Crippen LogP contribution in [0.1, 0.15) is 6.42 Å². The standard InChI is InChI=1S/C13H14O3/c14-12-8-4-3-5-7-6(4)9(12)11(7)13(10(5)8)15-1-2-16-13/h4-11H,1-3H2/t4-,5+,6-,7+,8+,9+,10+,11-/m0/s1. The topological polar surface area (TPSA) is 35.5 Å². The lowest BCUT2D eigenvalue weighted by molar-refractivity contribution is -0.252. The van der Waals surface area contributed by atoms with Gasteiger partial charge in [-0.2, -0.15) is 0 Å². The van der Waals surface area contributed by atoms with Gasteiger partial charge in [0.2, 0.25) is 0 Å². The van der Waals surface area contributed by atoms with Crippen molar-refractivity contribution in [3.63, 3.8) is 0 Å². The van der Waals surface area contributed by atoms with Crippen molar-refractivity contribution in [2.45, 2.75) is 12.2 Å². The number of hydrogen-bond donors (Lipinski definition) is 0. The molecule has 6 rings (SSSR count). The molecule has 2 bridgehead atoms. The Morgan fingerprint density at radius 2 is 1.81 bits per heavy atom. The summed E-state index contributed by atoms with van der Waals surface area (Å²) < 4.78 is 12.1. The van der Waals surface area contributed by atoms with E-state index >= 15 is 0 Å². The Hall–Kier alpha value is -0.410. The fourth-order valence-electron chi connectivity index (χ4n) is 6.94. The highest BCUT2D eigenvalue weighted by Gasteiger charge is 2.89. The van der Waals surface area contributed by atoms with Crippen LogP contribution in [0.4, 0.5) is 0 Å². The Morgan fingerprint density at radius 3 is 2.62 bits per heavy atom. The van der Waals surface area contributed by atoms with Gasteiger partial charge in [0.1, 0.15) is 5.78 Å². The van der Waals surface area contributed by atoms with E-state index < -0.39 is 0 Å². The molecule has 0 radical (unpaired) electrons. The van der Waals surface area contributed by atoms with E-state index in [0.717, 1.165) is 36.9 Å². The molecule has 1 spiro atoms. The van der Waals surface area contributed by atoms with Crippen LogP contribution in [0.15, 0.2) is 0 Å². The molecule has 84 valence electrons. The summed E-state index contributed by atoms with van der Waals surface area (Å²) in [6, 6.07) is 0. The second kappa shape index (κ2) is 1.91. The van der Waals surface area contributed by atoms with Crippen LogP contribution in [0.2, 0.25) is 0 Å². The van der Waals surface area contributed by atoms with Gasteiger partial charge in [0.25, 0.3) is 0 Å². The molecule has 0 N–H and O–H groups in total. The van der Waals surface area contributed by atoms with E-state index in [4.69, 9.17) is 9.47 Å². The van der Waals surface area contributed by atoms with Crippen molar-refractivity contribution >= 4 is 5.78 Å². The molecule has 0 aromatic carbocycles. The van der Waals surface area contributed by atoms with Crippen molar-refractivity contribution in [3.8, 4) is 0 Å². The fourth-order valence-corrected chi connectivity index (χ4v) is 6.94. The number of hydrogen-bond acceptors (Lipinski definition) is 3. The van der Waals surface area contributed by atoms with Gasteiger partial charge in [0.05, 0.1) is 13.2 Å². The van der Waals surface area contributed by atoms with Gasteiger partial charge in [-0.05, 0) is 30.1 Å². The Bertz CT molecular complexity index is 438. The summed E-state index contributed by atoms with van der Waals surface area (Å²) in [5.74, 6) is 4.88. The number of Topliss-reactive ketones (excluding diaryl/α,β-unsaturated/α-hetero) is 1. The van der Waals surface area contributed by atoms with Gasteiger partial charge in [-0.15, -0.1) is 0 Å². The summed E-state index contributed by atoms with van der Waals surface area (Å²) >= 11 is 0. The van der Waals surface area contributed by atoms with Crippen LogP contribution in [0.25, 0.3) is 0 Å². The normalized spacial score (nSPS) is 69.9. The van der Waals surface area contributed by atoms with E-state index in [9.17, 15) is 4.79 Å². The zero-order chi connectivity index (χ0) is 10.2. The third-order valence-corrected chi connectivity index (χ3v) is 6.83. The predicted molar refractivity (Wildman–Crippen MR) is 52.2 cm³/mol. The zero-order valence-corrected chi connectivity index (χ0v) is 8.96. The summed E-state index contributed by atoms with van der Waals surface area (Å²) in [7, 11) is 0. The fraction of sp³-hybridized carbons (Fsp3) is 0.923. The van der Waals surface area contributed by atoms with Gasteiger partial charge in [-0.1, -0.05) is 0 Å². The summed E-state index contributed by atoms with van der Waals surface area (Å²) in [6.07, 6.45) is 1.30.